The van der Waals surface area contributed by atoms with Crippen LogP contribution >= 0.6 is 22.9 Å². The van der Waals surface area contributed by atoms with Gasteiger partial charge in [0.05, 0.1) is 16.9 Å². The highest BCUT2D eigenvalue weighted by Gasteiger charge is 2.15. The molecule has 1 aromatic carbocycles. The van der Waals surface area contributed by atoms with E-state index in [4.69, 9.17) is 4.42 Å². The Balaban J connectivity index is 1.61. The third-order valence-corrected chi connectivity index (χ3v) is 5.74. The molecule has 3 aromatic heterocycles. The van der Waals surface area contributed by atoms with Gasteiger partial charge in [-0.1, -0.05) is 10.6 Å². The molecule has 0 fully saturated rings. The number of thiophene rings is 1. The number of carbonyl (C=O) groups is 1. The number of oxazole rings is 1. The van der Waals surface area contributed by atoms with Gasteiger partial charge in [0.15, 0.2) is 0 Å². The van der Waals surface area contributed by atoms with Crippen LogP contribution in [0.15, 0.2) is 47.2 Å². The average Bonchev–Trinajstić information content (AvgIpc) is 3.36. The van der Waals surface area contributed by atoms with Crippen LogP contribution in [0.3, 0.4) is 0 Å². The van der Waals surface area contributed by atoms with Gasteiger partial charge in [-0.2, -0.15) is 0 Å². The fourth-order valence-electron chi connectivity index (χ4n) is 2.54. The molecule has 4 aromatic rings. The number of aromatic nitrogens is 3. The Kier molecular flexibility index (Phi) is 4.36. The van der Waals surface area contributed by atoms with Gasteiger partial charge in [-0.25, -0.2) is 4.98 Å². The van der Waals surface area contributed by atoms with E-state index in [1.165, 1.54) is 11.3 Å². The number of amides is 1. The molecular weight excluding hydrogens is 368 g/mol. The summed E-state index contributed by atoms with van der Waals surface area (Å²) in [6, 6.07) is 9.98. The molecule has 6 nitrogen and oxygen atoms in total. The van der Waals surface area contributed by atoms with Gasteiger partial charge >= 0.3 is 0 Å². The minimum atomic E-state index is -0.184. The summed E-state index contributed by atoms with van der Waals surface area (Å²) in [5.41, 5.74) is 3.78. The molecule has 0 bridgehead atoms. The largest absolute Gasteiger partial charge is 0.445 e. The molecule has 0 saturated carbocycles. The van der Waals surface area contributed by atoms with Gasteiger partial charge in [-0.15, -0.1) is 16.4 Å². The van der Waals surface area contributed by atoms with Gasteiger partial charge in [0.2, 0.25) is 5.89 Å². The van der Waals surface area contributed by atoms with Crippen molar-refractivity contribution in [3.63, 3.8) is 0 Å². The van der Waals surface area contributed by atoms with E-state index in [-0.39, 0.29) is 5.91 Å². The lowest BCUT2D eigenvalue weighted by atomic mass is 10.0. The molecule has 0 unspecified atom stereocenters. The van der Waals surface area contributed by atoms with Gasteiger partial charge < -0.3 is 9.73 Å². The predicted molar refractivity (Wildman–Crippen MR) is 103 cm³/mol. The lowest BCUT2D eigenvalue weighted by molar-refractivity contribution is 0.103. The normalized spacial score (nSPS) is 10.8. The van der Waals surface area contributed by atoms with Crippen molar-refractivity contribution in [3.05, 3.63) is 58.9 Å². The third-order valence-electron chi connectivity index (χ3n) is 3.88. The number of anilines is 1. The Labute approximate surface area is 157 Å². The van der Waals surface area contributed by atoms with Crippen molar-refractivity contribution in [2.24, 2.45) is 0 Å². The summed E-state index contributed by atoms with van der Waals surface area (Å²) in [5, 5.41) is 7.57. The molecule has 0 aliphatic rings. The minimum absolute atomic E-state index is 0.184. The molecule has 26 heavy (non-hydrogen) atoms. The zero-order valence-corrected chi connectivity index (χ0v) is 15.6. The van der Waals surface area contributed by atoms with Crippen molar-refractivity contribution in [2.45, 2.75) is 13.8 Å². The van der Waals surface area contributed by atoms with Crippen molar-refractivity contribution >= 4 is 33.8 Å². The average molecular weight is 382 g/mol. The molecule has 0 radical (unpaired) electrons. The molecule has 8 heteroatoms. The van der Waals surface area contributed by atoms with Crippen LogP contribution in [0, 0.1) is 13.8 Å². The van der Waals surface area contributed by atoms with E-state index in [2.05, 4.69) is 32.9 Å². The van der Waals surface area contributed by atoms with Crippen molar-refractivity contribution < 1.29 is 9.21 Å². The van der Waals surface area contributed by atoms with Crippen LogP contribution in [0.25, 0.3) is 21.9 Å². The van der Waals surface area contributed by atoms with Gasteiger partial charge in [0.1, 0.15) is 11.1 Å². The Morgan fingerprint density at radius 1 is 1.19 bits per heavy atom. The SMILES string of the molecule is Cc1ccc(-c2ncco2)cc1-c1ccc(NC(=O)c2snnc2C)s1. The van der Waals surface area contributed by atoms with Gasteiger partial charge in [-0.05, 0) is 60.8 Å². The van der Waals surface area contributed by atoms with Crippen LogP contribution in [0.5, 0.6) is 0 Å². The van der Waals surface area contributed by atoms with E-state index in [1.54, 1.807) is 19.4 Å². The van der Waals surface area contributed by atoms with Crippen LogP contribution in [-0.4, -0.2) is 20.5 Å². The molecular formula is C18H14N4O2S2. The minimum Gasteiger partial charge on any atom is -0.445 e. The summed E-state index contributed by atoms with van der Waals surface area (Å²) in [4.78, 5) is 18.1. The van der Waals surface area contributed by atoms with E-state index in [0.717, 1.165) is 38.1 Å². The summed E-state index contributed by atoms with van der Waals surface area (Å²) in [6.45, 7) is 3.83. The summed E-state index contributed by atoms with van der Waals surface area (Å²) in [5.74, 6) is 0.403. The van der Waals surface area contributed by atoms with Crippen LogP contribution in [0.1, 0.15) is 20.9 Å². The highest BCUT2D eigenvalue weighted by Crippen LogP contribution is 2.35. The molecule has 3 heterocycles. The summed E-state index contributed by atoms with van der Waals surface area (Å²) in [7, 11) is 0. The first-order valence-electron chi connectivity index (χ1n) is 7.83. The zero-order valence-electron chi connectivity index (χ0n) is 14.0. The Morgan fingerprint density at radius 3 is 2.81 bits per heavy atom. The fraction of sp³-hybridized carbons (Fsp3) is 0.111. The van der Waals surface area contributed by atoms with E-state index in [1.807, 2.05) is 24.3 Å². The van der Waals surface area contributed by atoms with E-state index >= 15 is 0 Å². The van der Waals surface area contributed by atoms with Crippen molar-refractivity contribution in [2.75, 3.05) is 5.32 Å². The topological polar surface area (TPSA) is 80.9 Å². The first kappa shape index (κ1) is 16.6. The number of aryl methyl sites for hydroxylation is 2. The number of nitrogens with zero attached hydrogens (tertiary/aromatic N) is 3. The highest BCUT2D eigenvalue weighted by molar-refractivity contribution is 7.19. The van der Waals surface area contributed by atoms with E-state index < -0.39 is 0 Å². The predicted octanol–water partition coefficient (Wildman–Crippen LogP) is 4.79. The molecule has 1 N–H and O–H groups in total. The summed E-state index contributed by atoms with van der Waals surface area (Å²) in [6.07, 6.45) is 3.19. The maximum Gasteiger partial charge on any atom is 0.269 e. The lowest BCUT2D eigenvalue weighted by Crippen LogP contribution is -2.10. The monoisotopic (exact) mass is 382 g/mol. The second-order valence-corrected chi connectivity index (χ2v) is 7.51. The molecule has 4 rings (SSSR count). The quantitative estimate of drug-likeness (QED) is 0.549. The van der Waals surface area contributed by atoms with Crippen LogP contribution in [0.2, 0.25) is 0 Å². The molecule has 1 amide bonds. The van der Waals surface area contributed by atoms with Crippen molar-refractivity contribution in [1.29, 1.82) is 0 Å². The summed E-state index contributed by atoms with van der Waals surface area (Å²) >= 11 is 2.62. The van der Waals surface area contributed by atoms with Gasteiger partial charge in [0.25, 0.3) is 5.91 Å². The number of carbonyl (C=O) groups excluding carboxylic acids is 1. The molecule has 0 aliphatic heterocycles. The lowest BCUT2D eigenvalue weighted by Gasteiger charge is -2.05. The highest BCUT2D eigenvalue weighted by atomic mass is 32.1. The number of hydrogen-bond acceptors (Lipinski definition) is 7. The van der Waals surface area contributed by atoms with E-state index in [0.29, 0.717) is 16.5 Å². The standard InChI is InChI=1S/C18H14N4O2S2/c1-10-3-4-12(18-19-7-8-24-18)9-13(10)14-5-6-15(25-14)20-17(23)16-11(2)21-22-26-16/h3-9H,1-2H3,(H,20,23). The third kappa shape index (κ3) is 3.16. The van der Waals surface area contributed by atoms with Crippen molar-refractivity contribution in [1.82, 2.24) is 14.6 Å². The van der Waals surface area contributed by atoms with Crippen molar-refractivity contribution in [3.8, 4) is 21.9 Å². The Bertz CT molecular complexity index is 1070. The van der Waals surface area contributed by atoms with Crippen LogP contribution in [0.4, 0.5) is 5.00 Å². The van der Waals surface area contributed by atoms with Gasteiger partial charge in [-0.3, -0.25) is 4.79 Å². The summed E-state index contributed by atoms with van der Waals surface area (Å²) < 4.78 is 9.19. The zero-order chi connectivity index (χ0) is 18.1. The number of rotatable bonds is 4. The van der Waals surface area contributed by atoms with E-state index in [9.17, 15) is 4.79 Å². The first-order valence-corrected chi connectivity index (χ1v) is 9.42. The molecule has 0 atom stereocenters. The van der Waals surface area contributed by atoms with Crippen LogP contribution < -0.4 is 5.32 Å². The van der Waals surface area contributed by atoms with Crippen LogP contribution in [-0.2, 0) is 0 Å². The maximum atomic E-state index is 12.3. The Morgan fingerprint density at radius 2 is 2.08 bits per heavy atom. The number of hydrogen-bond donors (Lipinski definition) is 1. The number of nitrogens with one attached hydrogen (secondary N) is 1. The molecule has 130 valence electrons. The first-order chi connectivity index (χ1) is 12.6. The molecule has 0 spiro atoms. The maximum absolute atomic E-state index is 12.3. The van der Waals surface area contributed by atoms with Gasteiger partial charge in [0, 0.05) is 10.4 Å². The molecule has 0 saturated heterocycles. The Hall–Kier alpha value is -2.84. The smallest absolute Gasteiger partial charge is 0.269 e. The second-order valence-electron chi connectivity index (χ2n) is 5.67. The number of benzene rings is 1. The fourth-order valence-corrected chi connectivity index (χ4v) is 4.08. The second kappa shape index (κ2) is 6.81. The molecule has 0 aliphatic carbocycles.